The van der Waals surface area contributed by atoms with Crippen molar-refractivity contribution in [3.05, 3.63) is 77.9 Å². The number of anilines is 1. The van der Waals surface area contributed by atoms with Crippen molar-refractivity contribution in [1.82, 2.24) is 10.2 Å². The Morgan fingerprint density at radius 1 is 0.837 bits per heavy atom. The number of hydrogen-bond donors (Lipinski definition) is 1. The van der Waals surface area contributed by atoms with Crippen LogP contribution in [0.3, 0.4) is 0 Å². The maximum absolute atomic E-state index is 14.1. The van der Waals surface area contributed by atoms with Gasteiger partial charge in [0.25, 0.3) is 10.0 Å². The normalized spacial score (nSPS) is 11.9. The highest BCUT2D eigenvalue weighted by Crippen LogP contribution is 2.34. The fourth-order valence-corrected chi connectivity index (χ4v) is 5.71. The molecule has 43 heavy (non-hydrogen) atoms. The minimum atomic E-state index is -4.22. The fraction of sp³-hybridized carbons (Fsp3) is 0.375. The number of carbonyl (C=O) groups excluding carboxylic acids is 2. The summed E-state index contributed by atoms with van der Waals surface area (Å²) in [5.74, 6) is 0.660. The average molecular weight is 612 g/mol. The van der Waals surface area contributed by atoms with Crippen molar-refractivity contribution in [3.8, 4) is 17.2 Å². The molecule has 0 radical (unpaired) electrons. The molecule has 3 aromatic rings. The van der Waals surface area contributed by atoms with Gasteiger partial charge in [-0.05, 0) is 61.7 Å². The van der Waals surface area contributed by atoms with Crippen LogP contribution >= 0.6 is 0 Å². The van der Waals surface area contributed by atoms with Gasteiger partial charge >= 0.3 is 0 Å². The third-order valence-electron chi connectivity index (χ3n) is 6.91. The number of hydrogen-bond acceptors (Lipinski definition) is 7. The number of methoxy groups -OCH3 is 3. The van der Waals surface area contributed by atoms with Gasteiger partial charge in [0.2, 0.25) is 11.8 Å². The van der Waals surface area contributed by atoms with E-state index in [2.05, 4.69) is 5.32 Å². The van der Waals surface area contributed by atoms with Gasteiger partial charge in [0, 0.05) is 19.2 Å². The smallest absolute Gasteiger partial charge is 0.264 e. The Morgan fingerprint density at radius 2 is 1.47 bits per heavy atom. The first-order valence-electron chi connectivity index (χ1n) is 13.9. The molecule has 10 nitrogen and oxygen atoms in total. The highest BCUT2D eigenvalue weighted by Gasteiger charge is 2.33. The van der Waals surface area contributed by atoms with Crippen LogP contribution in [-0.4, -0.2) is 65.6 Å². The van der Waals surface area contributed by atoms with Gasteiger partial charge in [-0.25, -0.2) is 8.42 Å². The van der Waals surface area contributed by atoms with Gasteiger partial charge in [-0.15, -0.1) is 0 Å². The van der Waals surface area contributed by atoms with E-state index in [1.807, 2.05) is 20.8 Å². The Labute approximate surface area is 254 Å². The first kappa shape index (κ1) is 33.3. The topological polar surface area (TPSA) is 114 Å². The lowest BCUT2D eigenvalue weighted by Gasteiger charge is -2.32. The Kier molecular flexibility index (Phi) is 11.4. The third kappa shape index (κ3) is 8.41. The summed E-state index contributed by atoms with van der Waals surface area (Å²) in [7, 11) is 0.259. The minimum absolute atomic E-state index is 0.0186. The number of sulfonamides is 1. The molecular weight excluding hydrogens is 570 g/mol. The SMILES string of the molecule is COc1ccc(CN(C(=O)CN(c2ccc(OC)c(OC)c2)S(=O)(=O)c2ccc(C)cc2)[C@@H](C)C(=O)NCC(C)C)cc1. The molecular formula is C32H41N3O7S. The van der Waals surface area contributed by atoms with E-state index in [1.54, 1.807) is 62.6 Å². The minimum Gasteiger partial charge on any atom is -0.497 e. The second kappa shape index (κ2) is 14.8. The zero-order valence-corrected chi connectivity index (χ0v) is 26.6. The predicted octanol–water partition coefficient (Wildman–Crippen LogP) is 4.41. The van der Waals surface area contributed by atoms with Gasteiger partial charge in [-0.2, -0.15) is 0 Å². The van der Waals surface area contributed by atoms with Crippen LogP contribution in [-0.2, 0) is 26.2 Å². The highest BCUT2D eigenvalue weighted by atomic mass is 32.2. The fourth-order valence-electron chi connectivity index (χ4n) is 4.31. The first-order chi connectivity index (χ1) is 20.4. The number of benzene rings is 3. The van der Waals surface area contributed by atoms with Gasteiger partial charge in [0.05, 0.1) is 31.9 Å². The van der Waals surface area contributed by atoms with Crippen LogP contribution in [0.4, 0.5) is 5.69 Å². The number of aryl methyl sites for hydroxylation is 1. The first-order valence-corrected chi connectivity index (χ1v) is 15.4. The lowest BCUT2D eigenvalue weighted by atomic mass is 10.1. The molecule has 3 rings (SSSR count). The molecule has 0 saturated carbocycles. The molecule has 0 unspecified atom stereocenters. The molecule has 0 aliphatic carbocycles. The molecule has 0 heterocycles. The summed E-state index contributed by atoms with van der Waals surface area (Å²) < 4.78 is 45.1. The summed E-state index contributed by atoms with van der Waals surface area (Å²) in [5.41, 5.74) is 1.84. The molecule has 0 spiro atoms. The van der Waals surface area contributed by atoms with E-state index in [-0.39, 0.29) is 29.0 Å². The van der Waals surface area contributed by atoms with Crippen LogP contribution in [0, 0.1) is 12.8 Å². The van der Waals surface area contributed by atoms with Crippen LogP contribution in [0.5, 0.6) is 17.2 Å². The molecule has 232 valence electrons. The van der Waals surface area contributed by atoms with Gasteiger partial charge in [-0.1, -0.05) is 43.7 Å². The van der Waals surface area contributed by atoms with E-state index >= 15 is 0 Å². The zero-order valence-electron chi connectivity index (χ0n) is 25.8. The third-order valence-corrected chi connectivity index (χ3v) is 8.69. The molecule has 1 N–H and O–H groups in total. The number of rotatable bonds is 14. The van der Waals surface area contributed by atoms with Crippen molar-refractivity contribution >= 4 is 27.5 Å². The largest absolute Gasteiger partial charge is 0.497 e. The summed E-state index contributed by atoms with van der Waals surface area (Å²) in [6.45, 7) is 7.38. The van der Waals surface area contributed by atoms with Crippen molar-refractivity contribution in [2.75, 3.05) is 38.7 Å². The van der Waals surface area contributed by atoms with Crippen molar-refractivity contribution in [3.63, 3.8) is 0 Å². The number of nitrogens with one attached hydrogen (secondary N) is 1. The van der Waals surface area contributed by atoms with Gasteiger partial charge in [0.1, 0.15) is 18.3 Å². The van der Waals surface area contributed by atoms with Crippen LogP contribution in [0.25, 0.3) is 0 Å². The standard InChI is InChI=1S/C32H41N3O7S/c1-22(2)19-33-32(37)24(4)34(20-25-10-13-27(40-5)14-11-25)31(36)21-35(26-12-17-29(41-6)30(18-26)42-7)43(38,39)28-15-8-23(3)9-16-28/h8-18,22,24H,19-21H2,1-7H3,(H,33,37)/t24-/m0/s1. The second-order valence-corrected chi connectivity index (χ2v) is 12.4. The van der Waals surface area contributed by atoms with Crippen LogP contribution in [0.1, 0.15) is 31.9 Å². The van der Waals surface area contributed by atoms with Crippen molar-refractivity contribution in [2.24, 2.45) is 5.92 Å². The van der Waals surface area contributed by atoms with Crippen molar-refractivity contribution in [2.45, 2.75) is 45.2 Å². The summed E-state index contributed by atoms with van der Waals surface area (Å²) in [5, 5.41) is 2.88. The molecule has 0 aliphatic heterocycles. The number of amides is 2. The Morgan fingerprint density at radius 3 is 2.02 bits per heavy atom. The number of nitrogens with zero attached hydrogens (tertiary/aromatic N) is 2. The predicted molar refractivity (Wildman–Crippen MR) is 166 cm³/mol. The van der Waals surface area contributed by atoms with Gasteiger partial charge in [-0.3, -0.25) is 13.9 Å². The molecule has 11 heteroatoms. The maximum Gasteiger partial charge on any atom is 0.264 e. The monoisotopic (exact) mass is 611 g/mol. The van der Waals surface area contributed by atoms with Crippen LogP contribution in [0.2, 0.25) is 0 Å². The Hall–Kier alpha value is -4.25. The molecule has 0 bridgehead atoms. The summed E-state index contributed by atoms with van der Waals surface area (Å²) in [6, 6.07) is 17.3. The van der Waals surface area contributed by atoms with E-state index in [0.29, 0.717) is 23.8 Å². The average Bonchev–Trinajstić information content (AvgIpc) is 3.00. The van der Waals surface area contributed by atoms with Gasteiger partial charge < -0.3 is 24.4 Å². The van der Waals surface area contributed by atoms with Crippen LogP contribution in [0.15, 0.2) is 71.6 Å². The Balaban J connectivity index is 2.07. The van der Waals surface area contributed by atoms with Crippen molar-refractivity contribution < 1.29 is 32.2 Å². The zero-order chi connectivity index (χ0) is 31.7. The van der Waals surface area contributed by atoms with E-state index < -0.39 is 28.5 Å². The molecule has 0 saturated heterocycles. The molecule has 3 aromatic carbocycles. The number of carbonyl (C=O) groups is 2. The van der Waals surface area contributed by atoms with E-state index in [1.165, 1.54) is 37.3 Å². The molecule has 2 amide bonds. The maximum atomic E-state index is 14.1. The van der Waals surface area contributed by atoms with Gasteiger partial charge in [0.15, 0.2) is 11.5 Å². The summed E-state index contributed by atoms with van der Waals surface area (Å²) >= 11 is 0. The Bertz CT molecular complexity index is 1490. The quantitative estimate of drug-likeness (QED) is 0.287. The molecule has 0 aliphatic rings. The molecule has 1 atom stereocenters. The molecule has 0 aromatic heterocycles. The number of ether oxygens (including phenoxy) is 3. The second-order valence-electron chi connectivity index (χ2n) is 10.5. The molecule has 0 fully saturated rings. The summed E-state index contributed by atoms with van der Waals surface area (Å²) in [4.78, 5) is 28.7. The lowest BCUT2D eigenvalue weighted by Crippen LogP contribution is -2.51. The summed E-state index contributed by atoms with van der Waals surface area (Å²) in [6.07, 6.45) is 0. The highest BCUT2D eigenvalue weighted by molar-refractivity contribution is 7.92. The van der Waals surface area contributed by atoms with E-state index in [9.17, 15) is 18.0 Å². The lowest BCUT2D eigenvalue weighted by molar-refractivity contribution is -0.139. The van der Waals surface area contributed by atoms with E-state index in [0.717, 1.165) is 15.4 Å². The van der Waals surface area contributed by atoms with E-state index in [4.69, 9.17) is 14.2 Å². The van der Waals surface area contributed by atoms with Crippen molar-refractivity contribution in [1.29, 1.82) is 0 Å². The van der Waals surface area contributed by atoms with Crippen LogP contribution < -0.4 is 23.8 Å².